The second-order valence-corrected chi connectivity index (χ2v) is 7.17. The van der Waals surface area contributed by atoms with Gasteiger partial charge in [0.05, 0.1) is 19.8 Å². The molecule has 0 amide bonds. The summed E-state index contributed by atoms with van der Waals surface area (Å²) in [5.74, 6) is 2.57. The normalized spacial score (nSPS) is 20.0. The number of hydrogen-bond acceptors (Lipinski definition) is 6. The van der Waals surface area contributed by atoms with Crippen LogP contribution in [-0.4, -0.2) is 73.4 Å². The van der Waals surface area contributed by atoms with Gasteiger partial charge in [0.1, 0.15) is 11.9 Å². The Morgan fingerprint density at radius 2 is 2.10 bits per heavy atom. The predicted molar refractivity (Wildman–Crippen MR) is 112 cm³/mol. The number of anilines is 1. The van der Waals surface area contributed by atoms with Gasteiger partial charge in [0.2, 0.25) is 5.88 Å². The molecule has 0 spiro atoms. The summed E-state index contributed by atoms with van der Waals surface area (Å²) in [7, 11) is 1.82. The number of ether oxygens (including phenoxy) is 2. The van der Waals surface area contributed by atoms with Crippen LogP contribution in [0.25, 0.3) is 0 Å². The lowest BCUT2D eigenvalue weighted by molar-refractivity contribution is 0.122. The fourth-order valence-electron chi connectivity index (χ4n) is 3.65. The van der Waals surface area contributed by atoms with Crippen molar-refractivity contribution >= 4 is 11.8 Å². The van der Waals surface area contributed by atoms with E-state index in [1.807, 2.05) is 37.5 Å². The van der Waals surface area contributed by atoms with Gasteiger partial charge >= 0.3 is 0 Å². The maximum atomic E-state index is 5.99. The van der Waals surface area contributed by atoms with Gasteiger partial charge in [-0.05, 0) is 23.8 Å². The van der Waals surface area contributed by atoms with E-state index in [-0.39, 0.29) is 6.10 Å². The lowest BCUT2D eigenvalue weighted by Gasteiger charge is -2.28. The number of morpholine rings is 1. The largest absolute Gasteiger partial charge is 0.472 e. The summed E-state index contributed by atoms with van der Waals surface area (Å²) in [5.41, 5.74) is 1.18. The molecule has 2 aliphatic rings. The Kier molecular flexibility index (Phi) is 6.41. The van der Waals surface area contributed by atoms with Gasteiger partial charge in [-0.3, -0.25) is 4.99 Å². The predicted octanol–water partition coefficient (Wildman–Crippen LogP) is 1.54. The Labute approximate surface area is 171 Å². The van der Waals surface area contributed by atoms with E-state index in [2.05, 4.69) is 36.1 Å². The third-order valence-corrected chi connectivity index (χ3v) is 5.18. The van der Waals surface area contributed by atoms with Crippen LogP contribution in [0.5, 0.6) is 5.88 Å². The first-order chi connectivity index (χ1) is 14.3. The van der Waals surface area contributed by atoms with Crippen molar-refractivity contribution in [3.8, 4) is 5.88 Å². The highest BCUT2D eigenvalue weighted by molar-refractivity contribution is 5.80. The van der Waals surface area contributed by atoms with Gasteiger partial charge in [-0.15, -0.1) is 0 Å². The van der Waals surface area contributed by atoms with Crippen molar-refractivity contribution in [1.82, 2.24) is 20.2 Å². The van der Waals surface area contributed by atoms with Crippen LogP contribution in [-0.2, 0) is 11.3 Å². The van der Waals surface area contributed by atoms with Crippen molar-refractivity contribution in [3.05, 3.63) is 48.3 Å². The molecule has 1 N–H and O–H groups in total. The Morgan fingerprint density at radius 3 is 2.90 bits per heavy atom. The third kappa shape index (κ3) is 5.14. The number of guanidine groups is 1. The van der Waals surface area contributed by atoms with E-state index < -0.39 is 0 Å². The van der Waals surface area contributed by atoms with Crippen LogP contribution < -0.4 is 15.0 Å². The monoisotopic (exact) mass is 396 g/mol. The van der Waals surface area contributed by atoms with Gasteiger partial charge in [0.15, 0.2) is 5.96 Å². The number of aliphatic imine (C=N–C) groups is 1. The second kappa shape index (κ2) is 9.56. The van der Waals surface area contributed by atoms with Gasteiger partial charge in [0, 0.05) is 58.1 Å². The van der Waals surface area contributed by atoms with Crippen LogP contribution in [0.1, 0.15) is 12.0 Å². The molecule has 0 radical (unpaired) electrons. The summed E-state index contributed by atoms with van der Waals surface area (Å²) >= 11 is 0. The molecule has 0 saturated carbocycles. The van der Waals surface area contributed by atoms with Crippen molar-refractivity contribution in [2.45, 2.75) is 19.1 Å². The van der Waals surface area contributed by atoms with E-state index in [9.17, 15) is 0 Å². The molecule has 0 aliphatic carbocycles. The number of aromatic nitrogens is 2. The van der Waals surface area contributed by atoms with E-state index in [0.717, 1.165) is 57.6 Å². The summed E-state index contributed by atoms with van der Waals surface area (Å²) in [6, 6.07) is 9.91. The lowest BCUT2D eigenvalue weighted by Crippen LogP contribution is -2.40. The highest BCUT2D eigenvalue weighted by Crippen LogP contribution is 2.17. The van der Waals surface area contributed by atoms with E-state index in [0.29, 0.717) is 12.4 Å². The van der Waals surface area contributed by atoms with Crippen LogP contribution in [0.2, 0.25) is 0 Å². The van der Waals surface area contributed by atoms with Crippen molar-refractivity contribution in [2.75, 3.05) is 51.3 Å². The number of hydrogen-bond donors (Lipinski definition) is 1. The number of pyridine rings is 2. The van der Waals surface area contributed by atoms with Crippen molar-refractivity contribution in [3.63, 3.8) is 0 Å². The SMILES string of the molecule is CN=C(NCc1ccnc(N2CCOCC2)c1)N1CCC(Oc2ccccn2)C1. The molecule has 8 heteroatoms. The van der Waals surface area contributed by atoms with Crippen LogP contribution >= 0.6 is 0 Å². The zero-order chi connectivity index (χ0) is 19.9. The summed E-state index contributed by atoms with van der Waals surface area (Å²) in [6.45, 7) is 5.70. The number of rotatable bonds is 5. The molecule has 1 atom stereocenters. The first kappa shape index (κ1) is 19.4. The molecule has 4 heterocycles. The van der Waals surface area contributed by atoms with Gasteiger partial charge in [-0.25, -0.2) is 9.97 Å². The standard InChI is InChI=1S/C21H28N6O2/c1-22-21(27-9-6-18(16-27)29-20-4-2-3-7-24-20)25-15-17-5-8-23-19(14-17)26-10-12-28-13-11-26/h2-5,7-8,14,18H,6,9-13,15-16H2,1H3,(H,22,25). The zero-order valence-electron chi connectivity index (χ0n) is 16.8. The Hall–Kier alpha value is -2.87. The Morgan fingerprint density at radius 1 is 1.21 bits per heavy atom. The summed E-state index contributed by atoms with van der Waals surface area (Å²) in [5, 5.41) is 3.48. The molecule has 8 nitrogen and oxygen atoms in total. The third-order valence-electron chi connectivity index (χ3n) is 5.18. The van der Waals surface area contributed by atoms with Gasteiger partial charge in [-0.2, -0.15) is 0 Å². The molecule has 2 saturated heterocycles. The fraction of sp³-hybridized carbons (Fsp3) is 0.476. The van der Waals surface area contributed by atoms with Crippen molar-refractivity contribution in [1.29, 1.82) is 0 Å². The molecule has 2 aliphatic heterocycles. The minimum absolute atomic E-state index is 0.122. The lowest BCUT2D eigenvalue weighted by atomic mass is 10.2. The smallest absolute Gasteiger partial charge is 0.213 e. The first-order valence-corrected chi connectivity index (χ1v) is 10.1. The fourth-order valence-corrected chi connectivity index (χ4v) is 3.65. The molecular weight excluding hydrogens is 368 g/mol. The number of nitrogens with zero attached hydrogens (tertiary/aromatic N) is 5. The topological polar surface area (TPSA) is 75.1 Å². The van der Waals surface area contributed by atoms with Crippen LogP contribution in [0.15, 0.2) is 47.7 Å². The molecule has 2 aromatic rings. The van der Waals surface area contributed by atoms with Crippen LogP contribution in [0, 0.1) is 0 Å². The molecule has 0 bridgehead atoms. The van der Waals surface area contributed by atoms with E-state index >= 15 is 0 Å². The van der Waals surface area contributed by atoms with E-state index in [1.165, 1.54) is 5.56 Å². The van der Waals surface area contributed by atoms with E-state index in [1.54, 1.807) is 6.20 Å². The molecule has 2 fully saturated rings. The minimum atomic E-state index is 0.122. The number of likely N-dealkylation sites (tertiary alicyclic amines) is 1. The maximum Gasteiger partial charge on any atom is 0.213 e. The molecule has 2 aromatic heterocycles. The summed E-state index contributed by atoms with van der Waals surface area (Å²) in [6.07, 6.45) is 4.70. The second-order valence-electron chi connectivity index (χ2n) is 7.17. The Balaban J connectivity index is 1.31. The highest BCUT2D eigenvalue weighted by Gasteiger charge is 2.26. The number of nitrogens with one attached hydrogen (secondary N) is 1. The van der Waals surface area contributed by atoms with E-state index in [4.69, 9.17) is 9.47 Å². The maximum absolute atomic E-state index is 5.99. The van der Waals surface area contributed by atoms with Crippen LogP contribution in [0.4, 0.5) is 5.82 Å². The highest BCUT2D eigenvalue weighted by atomic mass is 16.5. The molecule has 154 valence electrons. The van der Waals surface area contributed by atoms with Gasteiger partial charge in [0.25, 0.3) is 0 Å². The summed E-state index contributed by atoms with van der Waals surface area (Å²) < 4.78 is 11.4. The van der Waals surface area contributed by atoms with Crippen LogP contribution in [0.3, 0.4) is 0 Å². The molecule has 1 unspecified atom stereocenters. The van der Waals surface area contributed by atoms with Gasteiger partial charge in [-0.1, -0.05) is 6.07 Å². The molecule has 29 heavy (non-hydrogen) atoms. The van der Waals surface area contributed by atoms with Gasteiger partial charge < -0.3 is 24.6 Å². The quantitative estimate of drug-likeness (QED) is 0.607. The average Bonchev–Trinajstić information content (AvgIpc) is 3.24. The summed E-state index contributed by atoms with van der Waals surface area (Å²) in [4.78, 5) is 17.7. The molecule has 4 rings (SSSR count). The van der Waals surface area contributed by atoms with Crippen molar-refractivity contribution < 1.29 is 9.47 Å². The first-order valence-electron chi connectivity index (χ1n) is 10.1. The van der Waals surface area contributed by atoms with Crippen molar-refractivity contribution in [2.24, 2.45) is 4.99 Å². The average molecular weight is 396 g/mol. The minimum Gasteiger partial charge on any atom is -0.472 e. The zero-order valence-corrected chi connectivity index (χ0v) is 16.8. The molecule has 0 aromatic carbocycles. The Bertz CT molecular complexity index is 810. The molecular formula is C21H28N6O2.